The maximum atomic E-state index is 11.9. The number of aryl methyl sites for hydroxylation is 1. The molecule has 2 unspecified atom stereocenters. The summed E-state index contributed by atoms with van der Waals surface area (Å²) in [5.41, 5.74) is 1.59. The van der Waals surface area contributed by atoms with Crippen LogP contribution in [0.25, 0.3) is 0 Å². The summed E-state index contributed by atoms with van der Waals surface area (Å²) < 4.78 is 0. The van der Waals surface area contributed by atoms with Crippen molar-refractivity contribution in [3.63, 3.8) is 0 Å². The number of rotatable bonds is 4. The number of aromatic nitrogens is 1. The summed E-state index contributed by atoms with van der Waals surface area (Å²) in [4.78, 5) is 27.1. The fourth-order valence-electron chi connectivity index (χ4n) is 2.76. The van der Waals surface area contributed by atoms with Crippen molar-refractivity contribution >= 4 is 17.7 Å². The number of carboxylic acid groups (broad SMARTS) is 1. The first-order valence-corrected chi connectivity index (χ1v) is 7.26. The Morgan fingerprint density at radius 3 is 2.86 bits per heavy atom. The van der Waals surface area contributed by atoms with Crippen molar-refractivity contribution in [2.75, 3.05) is 11.9 Å². The summed E-state index contributed by atoms with van der Waals surface area (Å²) in [5.74, 6) is -1.10. The van der Waals surface area contributed by atoms with Crippen LogP contribution in [0.2, 0.25) is 0 Å². The molecule has 114 valence electrons. The van der Waals surface area contributed by atoms with Gasteiger partial charge in [-0.15, -0.1) is 0 Å². The van der Waals surface area contributed by atoms with Gasteiger partial charge in [-0.1, -0.05) is 12.8 Å². The number of carbonyl (C=O) groups is 2. The van der Waals surface area contributed by atoms with Gasteiger partial charge in [0.1, 0.15) is 0 Å². The van der Waals surface area contributed by atoms with Crippen molar-refractivity contribution < 1.29 is 14.7 Å². The van der Waals surface area contributed by atoms with E-state index >= 15 is 0 Å². The molecular weight excluding hydrogens is 270 g/mol. The van der Waals surface area contributed by atoms with Gasteiger partial charge in [-0.05, 0) is 37.3 Å². The van der Waals surface area contributed by atoms with Crippen LogP contribution in [-0.2, 0) is 4.79 Å². The van der Waals surface area contributed by atoms with Crippen molar-refractivity contribution in [1.29, 1.82) is 0 Å². The maximum absolute atomic E-state index is 11.9. The average Bonchev–Trinajstić information content (AvgIpc) is 2.48. The van der Waals surface area contributed by atoms with Gasteiger partial charge in [0.25, 0.3) is 0 Å². The Bertz CT molecular complexity index is 519. The largest absolute Gasteiger partial charge is 0.481 e. The second kappa shape index (κ2) is 7.06. The van der Waals surface area contributed by atoms with E-state index in [0.717, 1.165) is 24.8 Å². The second-order valence-electron chi connectivity index (χ2n) is 5.51. The van der Waals surface area contributed by atoms with Crippen molar-refractivity contribution in [3.8, 4) is 0 Å². The molecule has 2 atom stereocenters. The standard InChI is InChI=1S/C15H21N3O3/c1-10-6-7-16-9-13(10)18-15(21)17-8-11-4-2-3-5-12(11)14(19)20/h6-7,9,11-12H,2-5,8H2,1H3,(H,19,20)(H2,17,18,21). The molecule has 1 aliphatic rings. The minimum Gasteiger partial charge on any atom is -0.481 e. The highest BCUT2D eigenvalue weighted by molar-refractivity contribution is 5.89. The number of carbonyl (C=O) groups excluding carboxylic acids is 1. The van der Waals surface area contributed by atoms with E-state index in [-0.39, 0.29) is 17.9 Å². The predicted molar refractivity (Wildman–Crippen MR) is 79.1 cm³/mol. The third-order valence-corrected chi connectivity index (χ3v) is 4.04. The first kappa shape index (κ1) is 15.3. The number of urea groups is 1. The Balaban J connectivity index is 1.86. The molecule has 0 spiro atoms. The summed E-state index contributed by atoms with van der Waals surface area (Å²) in [5, 5.41) is 14.7. The number of pyridine rings is 1. The summed E-state index contributed by atoms with van der Waals surface area (Å²) >= 11 is 0. The van der Waals surface area contributed by atoms with Gasteiger partial charge in [0, 0.05) is 12.7 Å². The fourth-order valence-corrected chi connectivity index (χ4v) is 2.76. The quantitative estimate of drug-likeness (QED) is 0.794. The third kappa shape index (κ3) is 4.18. The molecule has 1 heterocycles. The van der Waals surface area contributed by atoms with Gasteiger partial charge < -0.3 is 15.7 Å². The molecule has 3 N–H and O–H groups in total. The van der Waals surface area contributed by atoms with Crippen LogP contribution in [0, 0.1) is 18.8 Å². The monoisotopic (exact) mass is 291 g/mol. The van der Waals surface area contributed by atoms with Gasteiger partial charge in [0.05, 0.1) is 17.8 Å². The number of nitrogens with zero attached hydrogens (tertiary/aromatic N) is 1. The van der Waals surface area contributed by atoms with Crippen LogP contribution >= 0.6 is 0 Å². The van der Waals surface area contributed by atoms with Crippen LogP contribution in [0.15, 0.2) is 18.5 Å². The molecule has 0 aromatic carbocycles. The zero-order valence-corrected chi connectivity index (χ0v) is 12.1. The Kier molecular flexibility index (Phi) is 5.14. The lowest BCUT2D eigenvalue weighted by molar-refractivity contribution is -0.144. The minimum atomic E-state index is -0.759. The van der Waals surface area contributed by atoms with Crippen LogP contribution < -0.4 is 10.6 Å². The van der Waals surface area contributed by atoms with Crippen LogP contribution in [-0.4, -0.2) is 28.6 Å². The maximum Gasteiger partial charge on any atom is 0.319 e. The van der Waals surface area contributed by atoms with E-state index in [9.17, 15) is 14.7 Å². The van der Waals surface area contributed by atoms with E-state index in [1.807, 2.05) is 13.0 Å². The summed E-state index contributed by atoms with van der Waals surface area (Å²) in [6.45, 7) is 2.28. The molecule has 1 aliphatic carbocycles. The van der Waals surface area contributed by atoms with E-state index in [1.165, 1.54) is 0 Å². The number of aliphatic carboxylic acids is 1. The number of hydrogen-bond donors (Lipinski definition) is 3. The highest BCUT2D eigenvalue weighted by Gasteiger charge is 2.30. The van der Waals surface area contributed by atoms with Gasteiger partial charge in [-0.25, -0.2) is 4.79 Å². The van der Waals surface area contributed by atoms with Gasteiger partial charge in [0.2, 0.25) is 0 Å². The summed E-state index contributed by atoms with van der Waals surface area (Å²) in [6, 6.07) is 1.50. The van der Waals surface area contributed by atoms with E-state index in [2.05, 4.69) is 15.6 Å². The van der Waals surface area contributed by atoms with Crippen molar-refractivity contribution in [2.24, 2.45) is 11.8 Å². The zero-order valence-electron chi connectivity index (χ0n) is 12.1. The average molecular weight is 291 g/mol. The lowest BCUT2D eigenvalue weighted by atomic mass is 9.79. The van der Waals surface area contributed by atoms with Gasteiger partial charge >= 0.3 is 12.0 Å². The smallest absolute Gasteiger partial charge is 0.319 e. The molecule has 1 saturated carbocycles. The molecule has 1 aromatic heterocycles. The molecule has 21 heavy (non-hydrogen) atoms. The fraction of sp³-hybridized carbons (Fsp3) is 0.533. The van der Waals surface area contributed by atoms with Crippen LogP contribution in [0.1, 0.15) is 31.2 Å². The Labute approximate surface area is 124 Å². The molecule has 0 radical (unpaired) electrons. The van der Waals surface area contributed by atoms with E-state index in [4.69, 9.17) is 0 Å². The van der Waals surface area contributed by atoms with Crippen LogP contribution in [0.4, 0.5) is 10.5 Å². The number of nitrogens with one attached hydrogen (secondary N) is 2. The molecule has 0 aliphatic heterocycles. The summed E-state index contributed by atoms with van der Waals surface area (Å²) in [7, 11) is 0. The first-order chi connectivity index (χ1) is 10.1. The zero-order chi connectivity index (χ0) is 15.2. The molecular formula is C15H21N3O3. The number of hydrogen-bond acceptors (Lipinski definition) is 3. The normalized spacial score (nSPS) is 21.6. The first-order valence-electron chi connectivity index (χ1n) is 7.26. The predicted octanol–water partition coefficient (Wildman–Crippen LogP) is 2.40. The highest BCUT2D eigenvalue weighted by Crippen LogP contribution is 2.29. The summed E-state index contributed by atoms with van der Waals surface area (Å²) in [6.07, 6.45) is 6.79. The van der Waals surface area contributed by atoms with Crippen molar-refractivity contribution in [3.05, 3.63) is 24.0 Å². The van der Waals surface area contributed by atoms with Crippen LogP contribution in [0.5, 0.6) is 0 Å². The van der Waals surface area contributed by atoms with Gasteiger partial charge in [0.15, 0.2) is 0 Å². The Morgan fingerprint density at radius 2 is 2.14 bits per heavy atom. The van der Waals surface area contributed by atoms with Crippen molar-refractivity contribution in [2.45, 2.75) is 32.6 Å². The third-order valence-electron chi connectivity index (χ3n) is 4.04. The molecule has 0 saturated heterocycles. The minimum absolute atomic E-state index is 0.0111. The number of carboxylic acids is 1. The van der Waals surface area contributed by atoms with E-state index in [0.29, 0.717) is 18.7 Å². The van der Waals surface area contributed by atoms with Gasteiger partial charge in [-0.3, -0.25) is 9.78 Å². The molecule has 0 bridgehead atoms. The molecule has 2 rings (SSSR count). The SMILES string of the molecule is Cc1ccncc1NC(=O)NCC1CCCCC1C(=O)O. The molecule has 1 aromatic rings. The Morgan fingerprint density at radius 1 is 1.38 bits per heavy atom. The topological polar surface area (TPSA) is 91.3 Å². The number of amides is 2. The molecule has 1 fully saturated rings. The lowest BCUT2D eigenvalue weighted by Gasteiger charge is -2.28. The van der Waals surface area contributed by atoms with Crippen LogP contribution in [0.3, 0.4) is 0 Å². The highest BCUT2D eigenvalue weighted by atomic mass is 16.4. The van der Waals surface area contributed by atoms with Crippen molar-refractivity contribution in [1.82, 2.24) is 10.3 Å². The lowest BCUT2D eigenvalue weighted by Crippen LogP contribution is -2.39. The second-order valence-corrected chi connectivity index (χ2v) is 5.51. The molecule has 2 amide bonds. The molecule has 6 heteroatoms. The molecule has 6 nitrogen and oxygen atoms in total. The Hall–Kier alpha value is -2.11. The van der Waals surface area contributed by atoms with E-state index < -0.39 is 5.97 Å². The van der Waals surface area contributed by atoms with E-state index in [1.54, 1.807) is 12.4 Å². The number of anilines is 1. The van der Waals surface area contributed by atoms with Gasteiger partial charge in [-0.2, -0.15) is 0 Å².